The van der Waals surface area contributed by atoms with E-state index in [1.165, 1.54) is 59.6 Å². The number of hydrogen-bond acceptors (Lipinski definition) is 3. The summed E-state index contributed by atoms with van der Waals surface area (Å²) in [4.78, 5) is 5.28. The Kier molecular flexibility index (Phi) is 5.94. The smallest absolute Gasteiger partial charge is 0.0901 e. The van der Waals surface area contributed by atoms with Gasteiger partial charge in [-0.2, -0.15) is 10.2 Å². The molecule has 3 heterocycles. The zero-order chi connectivity index (χ0) is 24.3. The van der Waals surface area contributed by atoms with Crippen molar-refractivity contribution >= 4 is 0 Å². The number of aromatic nitrogens is 5. The Bertz CT molecular complexity index is 1110. The summed E-state index contributed by atoms with van der Waals surface area (Å²) >= 11 is 0. The van der Waals surface area contributed by atoms with Gasteiger partial charge in [-0.25, -0.2) is 4.98 Å². The Hall–Kier alpha value is -2.43. The molecule has 5 rings (SSSR count). The van der Waals surface area contributed by atoms with Crippen molar-refractivity contribution < 1.29 is 0 Å². The lowest BCUT2D eigenvalue weighted by atomic mass is 9.75. The molecule has 4 atom stereocenters. The highest BCUT2D eigenvalue weighted by Gasteiger charge is 2.35. The summed E-state index contributed by atoms with van der Waals surface area (Å²) in [6.45, 7) is 14.0. The first-order valence-corrected chi connectivity index (χ1v) is 13.3. The van der Waals surface area contributed by atoms with Crippen molar-refractivity contribution in [3.05, 3.63) is 40.7 Å². The van der Waals surface area contributed by atoms with E-state index in [0.29, 0.717) is 35.5 Å². The van der Waals surface area contributed by atoms with Crippen LogP contribution >= 0.6 is 0 Å². The van der Waals surface area contributed by atoms with Gasteiger partial charge in [0.2, 0.25) is 0 Å². The molecule has 0 saturated heterocycles. The molecule has 0 amide bonds. The van der Waals surface area contributed by atoms with Crippen molar-refractivity contribution in [2.75, 3.05) is 0 Å². The fraction of sp³-hybridized carbons (Fsp3) is 0.621. The van der Waals surface area contributed by atoms with Crippen molar-refractivity contribution in [1.82, 2.24) is 24.5 Å². The van der Waals surface area contributed by atoms with Crippen LogP contribution in [0, 0.1) is 11.8 Å². The van der Waals surface area contributed by atoms with Crippen LogP contribution < -0.4 is 0 Å². The molecule has 0 aliphatic heterocycles. The zero-order valence-electron chi connectivity index (χ0n) is 22.3. The number of pyridine rings is 1. The topological polar surface area (TPSA) is 48.5 Å². The molecule has 3 aromatic heterocycles. The van der Waals surface area contributed by atoms with Gasteiger partial charge in [0.25, 0.3) is 0 Å². The monoisotopic (exact) mass is 459 g/mol. The van der Waals surface area contributed by atoms with E-state index in [9.17, 15) is 0 Å². The zero-order valence-corrected chi connectivity index (χ0v) is 22.3. The lowest BCUT2D eigenvalue weighted by Crippen LogP contribution is -2.17. The summed E-state index contributed by atoms with van der Waals surface area (Å²) in [5.74, 6) is 3.29. The minimum Gasteiger partial charge on any atom is -0.266 e. The van der Waals surface area contributed by atoms with Crippen LogP contribution in [-0.4, -0.2) is 24.5 Å². The molecular weight excluding hydrogens is 418 g/mol. The summed E-state index contributed by atoms with van der Waals surface area (Å²) in [7, 11) is 4.18. The Morgan fingerprint density at radius 3 is 1.50 bits per heavy atom. The van der Waals surface area contributed by atoms with Gasteiger partial charge in [0.15, 0.2) is 0 Å². The first kappa shape index (κ1) is 23.3. The van der Waals surface area contributed by atoms with E-state index in [-0.39, 0.29) is 0 Å². The van der Waals surface area contributed by atoms with E-state index in [4.69, 9.17) is 15.2 Å². The van der Waals surface area contributed by atoms with Crippen LogP contribution in [0.3, 0.4) is 0 Å². The van der Waals surface area contributed by atoms with Gasteiger partial charge in [-0.05, 0) is 61.5 Å². The minimum absolute atomic E-state index is 0.510. The van der Waals surface area contributed by atoms with Crippen LogP contribution in [0.15, 0.2) is 18.2 Å². The summed E-state index contributed by atoms with van der Waals surface area (Å²) in [6, 6.07) is 6.49. The Labute approximate surface area is 205 Å². The summed E-state index contributed by atoms with van der Waals surface area (Å²) < 4.78 is 4.17. The maximum absolute atomic E-state index is 5.28. The number of rotatable bonds is 4. The van der Waals surface area contributed by atoms with E-state index in [1.807, 2.05) is 0 Å². The largest absolute Gasteiger partial charge is 0.266 e. The van der Waals surface area contributed by atoms with Gasteiger partial charge in [-0.15, -0.1) is 0 Å². The number of aryl methyl sites for hydroxylation is 2. The maximum atomic E-state index is 5.28. The van der Waals surface area contributed by atoms with Crippen LogP contribution in [-0.2, 0) is 14.1 Å². The molecule has 0 N–H and O–H groups in total. The number of hydrogen-bond donors (Lipinski definition) is 0. The summed E-state index contributed by atoms with van der Waals surface area (Å²) in [6.07, 6.45) is 4.90. The molecule has 0 aromatic carbocycles. The first-order chi connectivity index (χ1) is 16.2. The van der Waals surface area contributed by atoms with E-state index >= 15 is 0 Å². The molecule has 0 saturated carbocycles. The van der Waals surface area contributed by atoms with E-state index in [2.05, 4.69) is 83.2 Å². The van der Waals surface area contributed by atoms with Gasteiger partial charge in [0, 0.05) is 37.1 Å². The Morgan fingerprint density at radius 1 is 0.706 bits per heavy atom. The lowest BCUT2D eigenvalue weighted by Gasteiger charge is -2.29. The maximum Gasteiger partial charge on any atom is 0.0901 e. The average Bonchev–Trinajstić information content (AvgIpc) is 3.31. The molecule has 34 heavy (non-hydrogen) atoms. The van der Waals surface area contributed by atoms with Crippen molar-refractivity contribution in [3.8, 4) is 22.8 Å². The third kappa shape index (κ3) is 3.63. The van der Waals surface area contributed by atoms with Crippen LogP contribution in [0.4, 0.5) is 0 Å². The van der Waals surface area contributed by atoms with Crippen molar-refractivity contribution in [2.24, 2.45) is 25.9 Å². The highest BCUT2D eigenvalue weighted by Crippen LogP contribution is 2.47. The second-order valence-corrected chi connectivity index (χ2v) is 11.6. The van der Waals surface area contributed by atoms with E-state index < -0.39 is 0 Å². The molecule has 5 heteroatoms. The highest BCUT2D eigenvalue weighted by molar-refractivity contribution is 5.69. The fourth-order valence-corrected chi connectivity index (χ4v) is 6.67. The van der Waals surface area contributed by atoms with Gasteiger partial charge in [-0.1, -0.05) is 47.6 Å². The average molecular weight is 460 g/mol. The van der Waals surface area contributed by atoms with Crippen LogP contribution in [0.1, 0.15) is 113 Å². The van der Waals surface area contributed by atoms with Crippen LogP contribution in [0.2, 0.25) is 0 Å². The normalized spacial score (nSPS) is 24.5. The summed E-state index contributed by atoms with van der Waals surface area (Å²) in [5.41, 5.74) is 9.87. The second-order valence-electron chi connectivity index (χ2n) is 11.6. The molecule has 2 aliphatic carbocycles. The van der Waals surface area contributed by atoms with Gasteiger partial charge < -0.3 is 0 Å². The molecule has 0 spiro atoms. The van der Waals surface area contributed by atoms with E-state index in [1.54, 1.807) is 0 Å². The third-order valence-electron chi connectivity index (χ3n) is 8.58. The van der Waals surface area contributed by atoms with Gasteiger partial charge >= 0.3 is 0 Å². The first-order valence-electron chi connectivity index (χ1n) is 13.3. The molecule has 0 radical (unpaired) electrons. The molecule has 3 aromatic rings. The SMILES string of the molecule is CC(C)[C@@H]1CC[C@@H](C)c2c1nn(C)c2-c1cccc(-c2c3c(nn2C)[C@H](C(C)C)CC[C@H]3C)n1. The quantitative estimate of drug-likeness (QED) is 0.416. The summed E-state index contributed by atoms with van der Waals surface area (Å²) in [5, 5.41) is 10.1. The van der Waals surface area contributed by atoms with Gasteiger partial charge in [0.1, 0.15) is 0 Å². The third-order valence-corrected chi connectivity index (χ3v) is 8.58. The van der Waals surface area contributed by atoms with Crippen molar-refractivity contribution in [1.29, 1.82) is 0 Å². The minimum atomic E-state index is 0.510. The lowest BCUT2D eigenvalue weighted by molar-refractivity contribution is 0.401. The molecule has 0 unspecified atom stereocenters. The predicted octanol–water partition coefficient (Wildman–Crippen LogP) is 7.16. The number of fused-ring (bicyclic) bond motifs is 2. The molecule has 2 aliphatic rings. The van der Waals surface area contributed by atoms with Gasteiger partial charge in [0.05, 0.1) is 34.2 Å². The second kappa shape index (κ2) is 8.66. The molecule has 0 bridgehead atoms. The van der Waals surface area contributed by atoms with Crippen LogP contribution in [0.25, 0.3) is 22.8 Å². The standard InChI is InChI=1S/C29H41N5/c1-16(2)20-14-12-18(5)24-26(20)31-33(7)28(24)22-10-9-11-23(30-22)29-25-19(6)13-15-21(17(3)4)27(25)32-34(29)8/h9-11,16-21H,12-15H2,1-8H3/t18-,19-,20+,21+/m1/s1. The van der Waals surface area contributed by atoms with E-state index in [0.717, 1.165) is 11.4 Å². The molecular formula is C29H41N5. The Morgan fingerprint density at radius 2 is 1.12 bits per heavy atom. The Balaban J connectivity index is 1.64. The van der Waals surface area contributed by atoms with Gasteiger partial charge in [-0.3, -0.25) is 9.36 Å². The van der Waals surface area contributed by atoms with Crippen LogP contribution in [0.5, 0.6) is 0 Å². The molecule has 5 nitrogen and oxygen atoms in total. The number of nitrogens with zero attached hydrogens (tertiary/aromatic N) is 5. The van der Waals surface area contributed by atoms with Crippen molar-refractivity contribution in [3.63, 3.8) is 0 Å². The highest BCUT2D eigenvalue weighted by atomic mass is 15.3. The molecule has 0 fully saturated rings. The van der Waals surface area contributed by atoms with Crippen molar-refractivity contribution in [2.45, 2.75) is 90.9 Å². The fourth-order valence-electron chi connectivity index (χ4n) is 6.67. The predicted molar refractivity (Wildman–Crippen MR) is 139 cm³/mol. The molecule has 182 valence electrons.